The molecule has 3 rings (SSSR count). The minimum absolute atomic E-state index is 0.0310. The molecular weight excluding hydrogens is 290 g/mol. The maximum Gasteiger partial charge on any atom is 0.226 e. The van der Waals surface area contributed by atoms with Gasteiger partial charge in [0.2, 0.25) is 11.8 Å². The predicted molar refractivity (Wildman–Crippen MR) is 91.7 cm³/mol. The molecule has 5 heteroatoms. The molecule has 2 heterocycles. The molecule has 1 N–H and O–H groups in total. The van der Waals surface area contributed by atoms with E-state index in [-0.39, 0.29) is 17.9 Å². The van der Waals surface area contributed by atoms with Gasteiger partial charge in [0, 0.05) is 50.4 Å². The first-order valence-electron chi connectivity index (χ1n) is 8.48. The number of likely N-dealkylation sites (N-methyl/N-ethyl adjacent to an activating group) is 1. The first-order valence-corrected chi connectivity index (χ1v) is 8.48. The molecule has 1 atom stereocenters. The minimum atomic E-state index is -0.0418. The summed E-state index contributed by atoms with van der Waals surface area (Å²) in [6, 6.07) is 6.05. The predicted octanol–water partition coefficient (Wildman–Crippen LogP) is 2.41. The third-order valence-corrected chi connectivity index (χ3v) is 4.87. The van der Waals surface area contributed by atoms with Gasteiger partial charge in [0.25, 0.3) is 0 Å². The molecule has 1 fully saturated rings. The Bertz CT molecular complexity index is 614. The van der Waals surface area contributed by atoms with E-state index in [1.54, 1.807) is 0 Å². The molecule has 2 amide bonds. The van der Waals surface area contributed by atoms with Gasteiger partial charge in [0.05, 0.1) is 0 Å². The molecule has 2 aliphatic rings. The van der Waals surface area contributed by atoms with E-state index < -0.39 is 0 Å². The summed E-state index contributed by atoms with van der Waals surface area (Å²) < 4.78 is 0. The molecule has 5 nitrogen and oxygen atoms in total. The number of anilines is 2. The first-order chi connectivity index (χ1) is 11.0. The van der Waals surface area contributed by atoms with E-state index in [9.17, 15) is 9.59 Å². The van der Waals surface area contributed by atoms with Gasteiger partial charge in [0.15, 0.2) is 0 Å². The summed E-state index contributed by atoms with van der Waals surface area (Å²) in [7, 11) is 2.07. The molecule has 1 unspecified atom stereocenters. The molecule has 0 saturated carbocycles. The van der Waals surface area contributed by atoms with Crippen LogP contribution in [0.4, 0.5) is 11.4 Å². The zero-order valence-corrected chi connectivity index (χ0v) is 14.0. The van der Waals surface area contributed by atoms with Gasteiger partial charge in [-0.2, -0.15) is 0 Å². The van der Waals surface area contributed by atoms with Gasteiger partial charge >= 0.3 is 0 Å². The first kappa shape index (κ1) is 15.8. The molecular formula is C18H25N3O2. The number of nitrogens with one attached hydrogen (secondary N) is 1. The normalized spacial score (nSPS) is 18.8. The van der Waals surface area contributed by atoms with Crippen LogP contribution in [0, 0.1) is 0 Å². The number of benzene rings is 1. The van der Waals surface area contributed by atoms with Gasteiger partial charge in [-0.3, -0.25) is 9.59 Å². The molecule has 124 valence electrons. The lowest BCUT2D eigenvalue weighted by molar-refractivity contribution is -0.136. The van der Waals surface area contributed by atoms with Gasteiger partial charge < -0.3 is 15.1 Å². The van der Waals surface area contributed by atoms with E-state index in [4.69, 9.17) is 0 Å². The Morgan fingerprint density at radius 3 is 2.87 bits per heavy atom. The third kappa shape index (κ3) is 3.49. The van der Waals surface area contributed by atoms with E-state index in [1.165, 1.54) is 11.3 Å². The van der Waals surface area contributed by atoms with Crippen LogP contribution in [-0.4, -0.2) is 42.9 Å². The average molecular weight is 315 g/mol. The maximum atomic E-state index is 12.3. The van der Waals surface area contributed by atoms with E-state index in [0.29, 0.717) is 12.8 Å². The second-order valence-electron chi connectivity index (χ2n) is 6.66. The SMILES string of the molecule is CC(CC(=O)Nc1ccc2c(c1)N(C)CC2)N1CCCCC1=O. The molecule has 1 aromatic rings. The topological polar surface area (TPSA) is 52.7 Å². The molecule has 1 saturated heterocycles. The van der Waals surface area contributed by atoms with Crippen LogP contribution < -0.4 is 10.2 Å². The molecule has 23 heavy (non-hydrogen) atoms. The number of carbonyl (C=O) groups excluding carboxylic acids is 2. The quantitative estimate of drug-likeness (QED) is 0.928. The van der Waals surface area contributed by atoms with Crippen LogP contribution in [0.15, 0.2) is 18.2 Å². The Kier molecular flexibility index (Phi) is 4.55. The van der Waals surface area contributed by atoms with Crippen molar-refractivity contribution >= 4 is 23.2 Å². The molecule has 0 aliphatic carbocycles. The van der Waals surface area contributed by atoms with E-state index in [2.05, 4.69) is 23.3 Å². The second kappa shape index (κ2) is 6.60. The number of amides is 2. The van der Waals surface area contributed by atoms with Crippen molar-refractivity contribution < 1.29 is 9.59 Å². The van der Waals surface area contributed by atoms with Gasteiger partial charge in [-0.15, -0.1) is 0 Å². The number of fused-ring (bicyclic) bond motifs is 1. The van der Waals surface area contributed by atoms with Crippen LogP contribution in [0.25, 0.3) is 0 Å². The zero-order valence-electron chi connectivity index (χ0n) is 14.0. The number of hydrogen-bond acceptors (Lipinski definition) is 3. The van der Waals surface area contributed by atoms with Crippen LogP contribution in [-0.2, 0) is 16.0 Å². The summed E-state index contributed by atoms with van der Waals surface area (Å²) >= 11 is 0. The molecule has 0 radical (unpaired) electrons. The van der Waals surface area contributed by atoms with Gasteiger partial charge in [-0.05, 0) is 43.9 Å². The van der Waals surface area contributed by atoms with E-state index in [0.717, 1.165) is 38.0 Å². The lowest BCUT2D eigenvalue weighted by Gasteiger charge is -2.32. The van der Waals surface area contributed by atoms with Crippen LogP contribution in [0.5, 0.6) is 0 Å². The number of likely N-dealkylation sites (tertiary alicyclic amines) is 1. The Morgan fingerprint density at radius 2 is 2.09 bits per heavy atom. The van der Waals surface area contributed by atoms with Gasteiger partial charge in [0.1, 0.15) is 0 Å². The molecule has 0 bridgehead atoms. The standard InChI is InChI=1S/C18H25N3O2/c1-13(21-9-4-3-5-18(21)23)11-17(22)19-15-7-6-14-8-10-20(2)16(14)12-15/h6-7,12-13H,3-5,8-11H2,1-2H3,(H,19,22). The summed E-state index contributed by atoms with van der Waals surface area (Å²) in [5.74, 6) is 0.146. The summed E-state index contributed by atoms with van der Waals surface area (Å²) in [4.78, 5) is 28.3. The molecule has 0 spiro atoms. The smallest absolute Gasteiger partial charge is 0.226 e. The van der Waals surface area contributed by atoms with Crippen molar-refractivity contribution in [3.8, 4) is 0 Å². The van der Waals surface area contributed by atoms with Crippen LogP contribution in [0.1, 0.15) is 38.2 Å². The Labute approximate surface area is 137 Å². The summed E-state index contributed by atoms with van der Waals surface area (Å²) in [5.41, 5.74) is 3.36. The highest BCUT2D eigenvalue weighted by molar-refractivity contribution is 5.92. The highest BCUT2D eigenvalue weighted by Crippen LogP contribution is 2.29. The van der Waals surface area contributed by atoms with Crippen molar-refractivity contribution in [2.75, 3.05) is 30.4 Å². The highest BCUT2D eigenvalue weighted by Gasteiger charge is 2.25. The van der Waals surface area contributed by atoms with Crippen LogP contribution in [0.2, 0.25) is 0 Å². The highest BCUT2D eigenvalue weighted by atomic mass is 16.2. The lowest BCUT2D eigenvalue weighted by Crippen LogP contribution is -2.43. The second-order valence-corrected chi connectivity index (χ2v) is 6.66. The van der Waals surface area contributed by atoms with Crippen molar-refractivity contribution in [2.45, 2.75) is 45.1 Å². The van der Waals surface area contributed by atoms with E-state index >= 15 is 0 Å². The fraction of sp³-hybridized carbons (Fsp3) is 0.556. The van der Waals surface area contributed by atoms with Gasteiger partial charge in [-0.1, -0.05) is 6.07 Å². The molecule has 2 aliphatic heterocycles. The Balaban J connectivity index is 1.59. The third-order valence-electron chi connectivity index (χ3n) is 4.87. The molecule has 0 aromatic heterocycles. The maximum absolute atomic E-state index is 12.3. The summed E-state index contributed by atoms with van der Waals surface area (Å²) in [6.45, 7) is 3.76. The van der Waals surface area contributed by atoms with E-state index in [1.807, 2.05) is 24.0 Å². The van der Waals surface area contributed by atoms with Crippen molar-refractivity contribution in [2.24, 2.45) is 0 Å². The molecule has 1 aromatic carbocycles. The number of carbonyl (C=O) groups is 2. The number of piperidine rings is 1. The van der Waals surface area contributed by atoms with Crippen molar-refractivity contribution in [3.63, 3.8) is 0 Å². The minimum Gasteiger partial charge on any atom is -0.374 e. The lowest BCUT2D eigenvalue weighted by atomic mass is 10.1. The van der Waals surface area contributed by atoms with Crippen molar-refractivity contribution in [3.05, 3.63) is 23.8 Å². The fourth-order valence-corrected chi connectivity index (χ4v) is 3.50. The monoisotopic (exact) mass is 315 g/mol. The van der Waals surface area contributed by atoms with Crippen molar-refractivity contribution in [1.82, 2.24) is 4.90 Å². The van der Waals surface area contributed by atoms with Crippen molar-refractivity contribution in [1.29, 1.82) is 0 Å². The van der Waals surface area contributed by atoms with Gasteiger partial charge in [-0.25, -0.2) is 0 Å². The number of nitrogens with zero attached hydrogens (tertiary/aromatic N) is 2. The van der Waals surface area contributed by atoms with Crippen LogP contribution >= 0.6 is 0 Å². The summed E-state index contributed by atoms with van der Waals surface area (Å²) in [5, 5.41) is 2.97. The van der Waals surface area contributed by atoms with Crippen LogP contribution in [0.3, 0.4) is 0 Å². The Morgan fingerprint density at radius 1 is 1.26 bits per heavy atom. The zero-order chi connectivity index (χ0) is 16.4. The Hall–Kier alpha value is -2.04. The number of rotatable bonds is 4. The number of hydrogen-bond donors (Lipinski definition) is 1. The summed E-state index contributed by atoms with van der Waals surface area (Å²) in [6.07, 6.45) is 4.03. The average Bonchev–Trinajstić information content (AvgIpc) is 2.88. The fourth-order valence-electron chi connectivity index (χ4n) is 3.50. The largest absolute Gasteiger partial charge is 0.374 e.